The first-order valence-electron chi connectivity index (χ1n) is 6.87. The first kappa shape index (κ1) is 13.1. The van der Waals surface area contributed by atoms with E-state index in [0.29, 0.717) is 6.54 Å². The molecule has 18 heavy (non-hydrogen) atoms. The first-order valence-corrected chi connectivity index (χ1v) is 6.87. The van der Waals surface area contributed by atoms with Gasteiger partial charge in [-0.2, -0.15) is 0 Å². The van der Waals surface area contributed by atoms with Gasteiger partial charge in [-0.1, -0.05) is 37.3 Å². The molecule has 0 radical (unpaired) electrons. The van der Waals surface area contributed by atoms with E-state index in [4.69, 9.17) is 0 Å². The van der Waals surface area contributed by atoms with Crippen molar-refractivity contribution >= 4 is 5.91 Å². The number of hydrogen-bond acceptors (Lipinski definition) is 2. The zero-order valence-corrected chi connectivity index (χ0v) is 11.1. The Morgan fingerprint density at radius 1 is 1.28 bits per heavy atom. The molecule has 0 saturated carbocycles. The predicted molar refractivity (Wildman–Crippen MR) is 73.3 cm³/mol. The normalized spacial score (nSPS) is 16.8. The van der Waals surface area contributed by atoms with Gasteiger partial charge in [0.25, 0.3) is 0 Å². The summed E-state index contributed by atoms with van der Waals surface area (Å²) < 4.78 is 0. The molecule has 1 aromatic rings. The molecule has 3 heteroatoms. The van der Waals surface area contributed by atoms with Crippen LogP contribution in [-0.4, -0.2) is 30.4 Å². The zero-order valence-electron chi connectivity index (χ0n) is 11.1. The lowest BCUT2D eigenvalue weighted by Crippen LogP contribution is -2.37. The lowest BCUT2D eigenvalue weighted by molar-refractivity contribution is -0.129. The Bertz CT molecular complexity index is 371. The highest BCUT2D eigenvalue weighted by molar-refractivity contribution is 5.78. The molecule has 1 aliphatic heterocycles. The van der Waals surface area contributed by atoms with Crippen molar-refractivity contribution in [1.82, 2.24) is 10.2 Å². The maximum atomic E-state index is 12.0. The van der Waals surface area contributed by atoms with Crippen molar-refractivity contribution in [1.29, 1.82) is 0 Å². The molecule has 1 aliphatic rings. The molecule has 1 atom stereocenters. The third-order valence-corrected chi connectivity index (χ3v) is 3.57. The monoisotopic (exact) mass is 246 g/mol. The van der Waals surface area contributed by atoms with E-state index in [-0.39, 0.29) is 11.9 Å². The van der Waals surface area contributed by atoms with E-state index in [2.05, 4.69) is 24.4 Å². The highest BCUT2D eigenvalue weighted by Crippen LogP contribution is 2.15. The molecule has 1 N–H and O–H groups in total. The molecule has 3 nitrogen and oxygen atoms in total. The van der Waals surface area contributed by atoms with E-state index in [1.807, 2.05) is 23.1 Å². The Balaban J connectivity index is 1.85. The summed E-state index contributed by atoms with van der Waals surface area (Å²) in [7, 11) is 0. The van der Waals surface area contributed by atoms with Crippen LogP contribution in [0, 0.1) is 0 Å². The van der Waals surface area contributed by atoms with Crippen molar-refractivity contribution in [3.63, 3.8) is 0 Å². The van der Waals surface area contributed by atoms with Crippen molar-refractivity contribution in [3.8, 4) is 0 Å². The summed E-state index contributed by atoms with van der Waals surface area (Å²) in [4.78, 5) is 13.9. The lowest BCUT2D eigenvalue weighted by Gasteiger charge is -2.20. The van der Waals surface area contributed by atoms with E-state index >= 15 is 0 Å². The molecule has 1 heterocycles. The van der Waals surface area contributed by atoms with E-state index < -0.39 is 0 Å². The van der Waals surface area contributed by atoms with Crippen LogP contribution in [0.3, 0.4) is 0 Å². The third kappa shape index (κ3) is 3.33. The average molecular weight is 246 g/mol. The number of benzene rings is 1. The van der Waals surface area contributed by atoms with Crippen molar-refractivity contribution in [2.75, 3.05) is 19.6 Å². The number of carbonyl (C=O) groups is 1. The minimum absolute atomic E-state index is 0.238. The van der Waals surface area contributed by atoms with Gasteiger partial charge in [-0.3, -0.25) is 4.79 Å². The van der Waals surface area contributed by atoms with Crippen LogP contribution >= 0.6 is 0 Å². The van der Waals surface area contributed by atoms with E-state index in [1.54, 1.807) is 0 Å². The van der Waals surface area contributed by atoms with Crippen LogP contribution in [0.25, 0.3) is 0 Å². The van der Waals surface area contributed by atoms with Crippen molar-refractivity contribution in [2.45, 2.75) is 32.2 Å². The van der Waals surface area contributed by atoms with Gasteiger partial charge in [0.2, 0.25) is 5.91 Å². The number of nitrogens with one attached hydrogen (secondary N) is 1. The van der Waals surface area contributed by atoms with Crippen LogP contribution < -0.4 is 5.32 Å². The number of carbonyl (C=O) groups excluding carboxylic acids is 1. The SMILES string of the molecule is CCC(NCC(=O)N1CCCC1)c1ccccc1. The van der Waals surface area contributed by atoms with Crippen LogP contribution in [0.1, 0.15) is 37.8 Å². The van der Waals surface area contributed by atoms with Gasteiger partial charge in [-0.15, -0.1) is 0 Å². The number of nitrogens with zero attached hydrogens (tertiary/aromatic N) is 1. The van der Waals surface area contributed by atoms with Gasteiger partial charge < -0.3 is 10.2 Å². The number of rotatable bonds is 5. The predicted octanol–water partition coefficient (Wildman–Crippen LogP) is 2.35. The summed E-state index contributed by atoms with van der Waals surface area (Å²) in [5, 5.41) is 3.37. The fourth-order valence-corrected chi connectivity index (χ4v) is 2.47. The number of amides is 1. The molecule has 2 rings (SSSR count). The zero-order chi connectivity index (χ0) is 12.8. The Labute approximate surface area is 109 Å². The smallest absolute Gasteiger partial charge is 0.236 e. The lowest BCUT2D eigenvalue weighted by atomic mass is 10.0. The van der Waals surface area contributed by atoms with Gasteiger partial charge in [0.05, 0.1) is 6.54 Å². The Morgan fingerprint density at radius 2 is 1.94 bits per heavy atom. The van der Waals surface area contributed by atoms with Gasteiger partial charge in [0.15, 0.2) is 0 Å². The van der Waals surface area contributed by atoms with Gasteiger partial charge in [-0.05, 0) is 24.8 Å². The standard InChI is InChI=1S/C15H22N2O/c1-2-14(13-8-4-3-5-9-13)16-12-15(18)17-10-6-7-11-17/h3-5,8-9,14,16H,2,6-7,10-12H2,1H3. The maximum Gasteiger partial charge on any atom is 0.236 e. The van der Waals surface area contributed by atoms with Crippen molar-refractivity contribution in [2.24, 2.45) is 0 Å². The Morgan fingerprint density at radius 3 is 2.56 bits per heavy atom. The van der Waals surface area contributed by atoms with E-state index in [1.165, 1.54) is 5.56 Å². The summed E-state index contributed by atoms with van der Waals surface area (Å²) in [6.07, 6.45) is 3.31. The maximum absolute atomic E-state index is 12.0. The molecule has 1 aromatic carbocycles. The van der Waals surface area contributed by atoms with Crippen LogP contribution in [0.4, 0.5) is 0 Å². The second-order valence-electron chi connectivity index (χ2n) is 4.84. The van der Waals surface area contributed by atoms with E-state index in [0.717, 1.165) is 32.4 Å². The topological polar surface area (TPSA) is 32.3 Å². The highest BCUT2D eigenvalue weighted by atomic mass is 16.2. The molecular weight excluding hydrogens is 224 g/mol. The van der Waals surface area contributed by atoms with Gasteiger partial charge in [-0.25, -0.2) is 0 Å². The second kappa shape index (κ2) is 6.55. The number of hydrogen-bond donors (Lipinski definition) is 1. The average Bonchev–Trinajstić information content (AvgIpc) is 2.94. The van der Waals surface area contributed by atoms with Gasteiger partial charge in [0, 0.05) is 19.1 Å². The summed E-state index contributed by atoms with van der Waals surface area (Å²) in [5.41, 5.74) is 1.26. The summed E-state index contributed by atoms with van der Waals surface area (Å²) in [5.74, 6) is 0.238. The number of likely N-dealkylation sites (tertiary alicyclic amines) is 1. The van der Waals surface area contributed by atoms with Gasteiger partial charge in [0.1, 0.15) is 0 Å². The highest BCUT2D eigenvalue weighted by Gasteiger charge is 2.18. The molecule has 1 saturated heterocycles. The van der Waals surface area contributed by atoms with Crippen molar-refractivity contribution < 1.29 is 4.79 Å². The summed E-state index contributed by atoms with van der Waals surface area (Å²) in [6, 6.07) is 10.6. The quantitative estimate of drug-likeness (QED) is 0.865. The molecule has 98 valence electrons. The molecule has 0 spiro atoms. The molecular formula is C15H22N2O. The molecule has 1 unspecified atom stereocenters. The molecule has 0 bridgehead atoms. The van der Waals surface area contributed by atoms with Crippen LogP contribution in [-0.2, 0) is 4.79 Å². The molecule has 0 aromatic heterocycles. The Hall–Kier alpha value is -1.35. The molecule has 1 fully saturated rings. The fraction of sp³-hybridized carbons (Fsp3) is 0.533. The third-order valence-electron chi connectivity index (χ3n) is 3.57. The first-order chi connectivity index (χ1) is 8.81. The minimum Gasteiger partial charge on any atom is -0.342 e. The van der Waals surface area contributed by atoms with E-state index in [9.17, 15) is 4.79 Å². The Kier molecular flexibility index (Phi) is 4.76. The second-order valence-corrected chi connectivity index (χ2v) is 4.84. The largest absolute Gasteiger partial charge is 0.342 e. The van der Waals surface area contributed by atoms with Crippen molar-refractivity contribution in [3.05, 3.63) is 35.9 Å². The summed E-state index contributed by atoms with van der Waals surface area (Å²) >= 11 is 0. The minimum atomic E-state index is 0.238. The molecule has 1 amide bonds. The van der Waals surface area contributed by atoms with Crippen LogP contribution in [0.2, 0.25) is 0 Å². The molecule has 0 aliphatic carbocycles. The summed E-state index contributed by atoms with van der Waals surface area (Å²) in [6.45, 7) is 4.46. The van der Waals surface area contributed by atoms with Gasteiger partial charge >= 0.3 is 0 Å². The fourth-order valence-electron chi connectivity index (χ4n) is 2.47. The van der Waals surface area contributed by atoms with Crippen LogP contribution in [0.15, 0.2) is 30.3 Å². The van der Waals surface area contributed by atoms with Crippen LogP contribution in [0.5, 0.6) is 0 Å².